The monoisotopic (exact) mass is 299 g/mol. The normalized spacial score (nSPS) is 12.6. The number of nitrogens with one attached hydrogen (secondary N) is 1. The summed E-state index contributed by atoms with van der Waals surface area (Å²) < 4.78 is 13.9. The second-order valence-electron chi connectivity index (χ2n) is 4.50. The average molecular weight is 300 g/mol. The Bertz CT molecular complexity index is 584. The van der Waals surface area contributed by atoms with Crippen LogP contribution < -0.4 is 5.32 Å². The van der Waals surface area contributed by atoms with Crippen LogP contribution in [0.5, 0.6) is 0 Å². The van der Waals surface area contributed by atoms with E-state index in [1.807, 2.05) is 6.92 Å². The Kier molecular flexibility index (Phi) is 4.77. The van der Waals surface area contributed by atoms with E-state index in [2.05, 4.69) is 5.32 Å². The molecule has 0 saturated carbocycles. The van der Waals surface area contributed by atoms with Gasteiger partial charge < -0.3 is 5.32 Å². The SMILES string of the molecule is CC(CCCCl)NC(=O)c1cc2ccc(F)cc2s1. The molecule has 5 heteroatoms. The molecule has 1 atom stereocenters. The summed E-state index contributed by atoms with van der Waals surface area (Å²) in [4.78, 5) is 12.7. The molecule has 0 bridgehead atoms. The zero-order valence-corrected chi connectivity index (χ0v) is 12.2. The van der Waals surface area contributed by atoms with Gasteiger partial charge in [0.1, 0.15) is 5.82 Å². The van der Waals surface area contributed by atoms with Gasteiger partial charge in [-0.3, -0.25) is 4.79 Å². The zero-order valence-electron chi connectivity index (χ0n) is 10.6. The molecule has 19 heavy (non-hydrogen) atoms. The molecule has 1 heterocycles. The maximum Gasteiger partial charge on any atom is 0.261 e. The van der Waals surface area contributed by atoms with Gasteiger partial charge in [0.2, 0.25) is 0 Å². The van der Waals surface area contributed by atoms with Gasteiger partial charge in [-0.25, -0.2) is 4.39 Å². The number of amides is 1. The fourth-order valence-electron chi connectivity index (χ4n) is 1.87. The van der Waals surface area contributed by atoms with Gasteiger partial charge in [-0.1, -0.05) is 6.07 Å². The lowest BCUT2D eigenvalue weighted by molar-refractivity contribution is 0.0942. The molecule has 0 radical (unpaired) electrons. The van der Waals surface area contributed by atoms with E-state index >= 15 is 0 Å². The van der Waals surface area contributed by atoms with Crippen LogP contribution in [-0.4, -0.2) is 17.8 Å². The predicted molar refractivity (Wildman–Crippen MR) is 78.7 cm³/mol. The highest BCUT2D eigenvalue weighted by Gasteiger charge is 2.13. The maximum absolute atomic E-state index is 13.1. The summed E-state index contributed by atoms with van der Waals surface area (Å²) in [6, 6.07) is 6.43. The number of thiophene rings is 1. The lowest BCUT2D eigenvalue weighted by Gasteiger charge is -2.11. The van der Waals surface area contributed by atoms with Crippen LogP contribution in [0.1, 0.15) is 29.4 Å². The Balaban J connectivity index is 2.08. The lowest BCUT2D eigenvalue weighted by atomic mass is 10.2. The highest BCUT2D eigenvalue weighted by atomic mass is 35.5. The van der Waals surface area contributed by atoms with E-state index in [9.17, 15) is 9.18 Å². The highest BCUT2D eigenvalue weighted by Crippen LogP contribution is 2.26. The van der Waals surface area contributed by atoms with Crippen molar-refractivity contribution >= 4 is 38.9 Å². The maximum atomic E-state index is 13.1. The van der Waals surface area contributed by atoms with Crippen LogP contribution >= 0.6 is 22.9 Å². The second-order valence-corrected chi connectivity index (χ2v) is 5.96. The van der Waals surface area contributed by atoms with Crippen molar-refractivity contribution in [3.05, 3.63) is 35.0 Å². The summed E-state index contributed by atoms with van der Waals surface area (Å²) in [6.07, 6.45) is 1.73. The van der Waals surface area contributed by atoms with Crippen LogP contribution in [0.2, 0.25) is 0 Å². The van der Waals surface area contributed by atoms with E-state index < -0.39 is 0 Å². The topological polar surface area (TPSA) is 29.1 Å². The summed E-state index contributed by atoms with van der Waals surface area (Å²) >= 11 is 6.93. The summed E-state index contributed by atoms with van der Waals surface area (Å²) in [5, 5.41) is 3.82. The highest BCUT2D eigenvalue weighted by molar-refractivity contribution is 7.20. The minimum Gasteiger partial charge on any atom is -0.349 e. The molecule has 1 aromatic heterocycles. The van der Waals surface area contributed by atoms with Crippen molar-refractivity contribution in [2.45, 2.75) is 25.8 Å². The Hall–Kier alpha value is -1.13. The molecule has 2 nitrogen and oxygen atoms in total. The van der Waals surface area contributed by atoms with E-state index in [0.29, 0.717) is 10.8 Å². The molecule has 2 rings (SSSR count). The molecule has 0 spiro atoms. The van der Waals surface area contributed by atoms with Crippen molar-refractivity contribution in [3.63, 3.8) is 0 Å². The van der Waals surface area contributed by atoms with Crippen LogP contribution in [0.4, 0.5) is 4.39 Å². The number of hydrogen-bond acceptors (Lipinski definition) is 2. The minimum atomic E-state index is -0.281. The van der Waals surface area contributed by atoms with Gasteiger partial charge in [-0.05, 0) is 43.4 Å². The quantitative estimate of drug-likeness (QED) is 0.825. The fourth-order valence-corrected chi connectivity index (χ4v) is 3.01. The van der Waals surface area contributed by atoms with E-state index in [0.717, 1.165) is 22.9 Å². The first-order valence-electron chi connectivity index (χ1n) is 6.16. The molecule has 1 unspecified atom stereocenters. The van der Waals surface area contributed by atoms with Crippen molar-refractivity contribution in [3.8, 4) is 0 Å². The molecule has 0 saturated heterocycles. The summed E-state index contributed by atoms with van der Waals surface area (Å²) in [7, 11) is 0. The third kappa shape index (κ3) is 3.67. The van der Waals surface area contributed by atoms with Crippen molar-refractivity contribution in [2.75, 3.05) is 5.88 Å². The molecule has 102 valence electrons. The van der Waals surface area contributed by atoms with Crippen molar-refractivity contribution in [2.24, 2.45) is 0 Å². The van der Waals surface area contributed by atoms with Gasteiger partial charge in [-0.2, -0.15) is 0 Å². The van der Waals surface area contributed by atoms with Crippen LogP contribution in [0.15, 0.2) is 24.3 Å². The van der Waals surface area contributed by atoms with Gasteiger partial charge in [0, 0.05) is 16.6 Å². The number of hydrogen-bond donors (Lipinski definition) is 1. The summed E-state index contributed by atoms with van der Waals surface area (Å²) in [6.45, 7) is 1.96. The summed E-state index contributed by atoms with van der Waals surface area (Å²) in [5.74, 6) is 0.211. The average Bonchev–Trinajstić information content (AvgIpc) is 2.79. The number of rotatable bonds is 5. The third-order valence-corrected chi connectivity index (χ3v) is 4.22. The minimum absolute atomic E-state index is 0.0909. The number of alkyl halides is 1. The Morgan fingerprint density at radius 2 is 2.26 bits per heavy atom. The Labute approximate surface area is 120 Å². The molecule has 1 aromatic carbocycles. The van der Waals surface area contributed by atoms with Gasteiger partial charge >= 0.3 is 0 Å². The van der Waals surface area contributed by atoms with E-state index in [1.165, 1.54) is 23.5 Å². The van der Waals surface area contributed by atoms with Crippen molar-refractivity contribution in [1.82, 2.24) is 5.32 Å². The fraction of sp³-hybridized carbons (Fsp3) is 0.357. The van der Waals surface area contributed by atoms with E-state index in [-0.39, 0.29) is 17.8 Å². The molecule has 0 fully saturated rings. The number of benzene rings is 1. The number of halogens is 2. The van der Waals surface area contributed by atoms with Crippen LogP contribution in [0.3, 0.4) is 0 Å². The Morgan fingerprint density at radius 3 is 3.00 bits per heavy atom. The number of fused-ring (bicyclic) bond motifs is 1. The van der Waals surface area contributed by atoms with E-state index in [4.69, 9.17) is 11.6 Å². The largest absolute Gasteiger partial charge is 0.349 e. The van der Waals surface area contributed by atoms with Crippen molar-refractivity contribution < 1.29 is 9.18 Å². The molecule has 0 aliphatic rings. The van der Waals surface area contributed by atoms with Gasteiger partial charge in [0.15, 0.2) is 0 Å². The smallest absolute Gasteiger partial charge is 0.261 e. The molecular weight excluding hydrogens is 285 g/mol. The predicted octanol–water partition coefficient (Wildman–Crippen LogP) is 4.18. The first-order chi connectivity index (χ1) is 9.10. The molecule has 2 aromatic rings. The number of carbonyl (C=O) groups is 1. The molecule has 0 aliphatic heterocycles. The lowest BCUT2D eigenvalue weighted by Crippen LogP contribution is -2.31. The summed E-state index contributed by atoms with van der Waals surface area (Å²) in [5.41, 5.74) is 0. The van der Waals surface area contributed by atoms with E-state index in [1.54, 1.807) is 12.1 Å². The second kappa shape index (κ2) is 6.35. The molecule has 0 aliphatic carbocycles. The molecule has 1 amide bonds. The third-order valence-electron chi connectivity index (χ3n) is 2.85. The van der Waals surface area contributed by atoms with Crippen molar-refractivity contribution in [1.29, 1.82) is 0 Å². The molecule has 1 N–H and O–H groups in total. The standard InChI is InChI=1S/C14H15ClFNOS/c1-9(3-2-6-15)17-14(18)13-7-10-4-5-11(16)8-12(10)19-13/h4-5,7-9H,2-3,6H2,1H3,(H,17,18). The number of carbonyl (C=O) groups excluding carboxylic acids is 1. The first kappa shape index (κ1) is 14.3. The van der Waals surface area contributed by atoms with Crippen LogP contribution in [0, 0.1) is 5.82 Å². The zero-order chi connectivity index (χ0) is 13.8. The van der Waals surface area contributed by atoms with Crippen LogP contribution in [0.25, 0.3) is 10.1 Å². The van der Waals surface area contributed by atoms with Gasteiger partial charge in [0.25, 0.3) is 5.91 Å². The Morgan fingerprint density at radius 1 is 1.47 bits per heavy atom. The first-order valence-corrected chi connectivity index (χ1v) is 7.51. The van der Waals surface area contributed by atoms with Gasteiger partial charge in [-0.15, -0.1) is 22.9 Å². The van der Waals surface area contributed by atoms with Crippen LogP contribution in [-0.2, 0) is 0 Å². The molecular formula is C14H15ClFNOS. The van der Waals surface area contributed by atoms with Gasteiger partial charge in [0.05, 0.1) is 4.88 Å².